The van der Waals surface area contributed by atoms with E-state index in [0.717, 1.165) is 16.5 Å². The Hall–Kier alpha value is -1.60. The van der Waals surface area contributed by atoms with Gasteiger partial charge in [-0.3, -0.25) is 9.69 Å². The summed E-state index contributed by atoms with van der Waals surface area (Å²) in [5.41, 5.74) is 1.85. The van der Waals surface area contributed by atoms with Crippen LogP contribution in [0.4, 0.5) is 0 Å². The van der Waals surface area contributed by atoms with Crippen molar-refractivity contribution in [3.05, 3.63) is 45.6 Å². The standard InChI is InChI=1S/C17H17BrN2O3S/c1-4-12-15(21)20-14(10-6-5-7-11(18)8-10)13(16(22)23-3)9(2)19-17(20)24-12/h5-8,12,14H,4H2,1-3H3. The molecule has 0 saturated carbocycles. The Kier molecular flexibility index (Phi) is 4.83. The van der Waals surface area contributed by atoms with Crippen molar-refractivity contribution in [3.8, 4) is 0 Å². The van der Waals surface area contributed by atoms with E-state index >= 15 is 0 Å². The van der Waals surface area contributed by atoms with Crippen LogP contribution in [0.25, 0.3) is 0 Å². The summed E-state index contributed by atoms with van der Waals surface area (Å²) in [4.78, 5) is 31.4. The van der Waals surface area contributed by atoms with Gasteiger partial charge in [0.1, 0.15) is 0 Å². The Balaban J connectivity index is 2.17. The van der Waals surface area contributed by atoms with Crippen molar-refractivity contribution in [1.29, 1.82) is 0 Å². The van der Waals surface area contributed by atoms with Crippen LogP contribution in [0.3, 0.4) is 0 Å². The van der Waals surface area contributed by atoms with E-state index < -0.39 is 12.0 Å². The Morgan fingerprint density at radius 1 is 1.46 bits per heavy atom. The van der Waals surface area contributed by atoms with Gasteiger partial charge in [0.2, 0.25) is 5.91 Å². The quantitative estimate of drug-likeness (QED) is 0.715. The monoisotopic (exact) mass is 408 g/mol. The number of amidine groups is 1. The summed E-state index contributed by atoms with van der Waals surface area (Å²) in [7, 11) is 1.34. The normalized spacial score (nSPS) is 23.2. The highest BCUT2D eigenvalue weighted by Crippen LogP contribution is 2.44. The van der Waals surface area contributed by atoms with Crippen LogP contribution < -0.4 is 0 Å². The Labute approximate surface area is 153 Å². The van der Waals surface area contributed by atoms with Crippen molar-refractivity contribution in [3.63, 3.8) is 0 Å². The highest BCUT2D eigenvalue weighted by Gasteiger charge is 2.47. The zero-order chi connectivity index (χ0) is 17.4. The van der Waals surface area contributed by atoms with E-state index in [2.05, 4.69) is 20.9 Å². The van der Waals surface area contributed by atoms with Crippen LogP contribution in [0.5, 0.6) is 0 Å². The minimum atomic E-state index is -0.515. The van der Waals surface area contributed by atoms with E-state index in [4.69, 9.17) is 4.74 Å². The summed E-state index contributed by atoms with van der Waals surface area (Å²) < 4.78 is 5.84. The smallest absolute Gasteiger partial charge is 0.338 e. The number of benzene rings is 1. The molecular weight excluding hydrogens is 392 g/mol. The van der Waals surface area contributed by atoms with Gasteiger partial charge in [-0.25, -0.2) is 9.79 Å². The van der Waals surface area contributed by atoms with E-state index in [1.165, 1.54) is 18.9 Å². The third-order valence-corrected chi connectivity index (χ3v) is 5.90. The SMILES string of the molecule is CCC1SC2=NC(C)=C(C(=O)OC)C(c3cccc(Br)c3)N2C1=O. The van der Waals surface area contributed by atoms with Gasteiger partial charge >= 0.3 is 5.97 Å². The summed E-state index contributed by atoms with van der Waals surface area (Å²) >= 11 is 4.92. The summed E-state index contributed by atoms with van der Waals surface area (Å²) in [6.45, 7) is 3.76. The molecule has 2 unspecified atom stereocenters. The molecular formula is C17H17BrN2O3S. The first-order chi connectivity index (χ1) is 11.5. The second kappa shape index (κ2) is 6.72. The number of hydrogen-bond acceptors (Lipinski definition) is 5. The molecule has 1 fully saturated rings. The third-order valence-electron chi connectivity index (χ3n) is 4.09. The molecule has 3 rings (SSSR count). The van der Waals surface area contributed by atoms with E-state index in [1.807, 2.05) is 31.2 Å². The van der Waals surface area contributed by atoms with Crippen LogP contribution in [0.2, 0.25) is 0 Å². The number of halogens is 1. The Morgan fingerprint density at radius 2 is 2.21 bits per heavy atom. The number of carbonyl (C=O) groups is 2. The summed E-state index contributed by atoms with van der Waals surface area (Å²) in [5, 5.41) is 0.491. The predicted molar refractivity (Wildman–Crippen MR) is 97.6 cm³/mol. The second-order valence-electron chi connectivity index (χ2n) is 5.57. The van der Waals surface area contributed by atoms with E-state index in [-0.39, 0.29) is 11.2 Å². The van der Waals surface area contributed by atoms with Gasteiger partial charge in [0.25, 0.3) is 0 Å². The first kappa shape index (κ1) is 17.2. The van der Waals surface area contributed by atoms with Crippen LogP contribution >= 0.6 is 27.7 Å². The fourth-order valence-corrected chi connectivity index (χ4v) is 4.50. The average molecular weight is 409 g/mol. The molecule has 1 aromatic rings. The van der Waals surface area contributed by atoms with Crippen molar-refractivity contribution in [2.24, 2.45) is 4.99 Å². The lowest BCUT2D eigenvalue weighted by molar-refractivity contribution is -0.137. The lowest BCUT2D eigenvalue weighted by Crippen LogP contribution is -2.40. The Morgan fingerprint density at radius 3 is 2.83 bits per heavy atom. The highest BCUT2D eigenvalue weighted by molar-refractivity contribution is 9.10. The van der Waals surface area contributed by atoms with Crippen LogP contribution in [0, 0.1) is 0 Å². The number of amides is 1. The van der Waals surface area contributed by atoms with E-state index in [0.29, 0.717) is 16.4 Å². The Bertz CT molecular complexity index is 775. The van der Waals surface area contributed by atoms with Crippen LogP contribution in [-0.4, -0.2) is 34.3 Å². The van der Waals surface area contributed by atoms with Crippen molar-refractivity contribution in [2.75, 3.05) is 7.11 Å². The molecule has 0 N–H and O–H groups in total. The van der Waals surface area contributed by atoms with Gasteiger partial charge in [-0.2, -0.15) is 0 Å². The molecule has 1 amide bonds. The maximum Gasteiger partial charge on any atom is 0.338 e. The fraction of sp³-hybridized carbons (Fsp3) is 0.353. The van der Waals surface area contributed by atoms with Gasteiger partial charge in [-0.1, -0.05) is 46.7 Å². The molecule has 2 atom stereocenters. The molecule has 0 aromatic heterocycles. The lowest BCUT2D eigenvalue weighted by atomic mass is 9.94. The molecule has 2 aliphatic rings. The first-order valence-corrected chi connectivity index (χ1v) is 9.28. The van der Waals surface area contributed by atoms with Crippen LogP contribution in [0.1, 0.15) is 31.9 Å². The minimum Gasteiger partial charge on any atom is -0.466 e. The number of rotatable bonds is 3. The number of aliphatic imine (C=N–C) groups is 1. The molecule has 2 heterocycles. The molecule has 0 spiro atoms. The van der Waals surface area contributed by atoms with E-state index in [1.54, 1.807) is 11.8 Å². The molecule has 0 bridgehead atoms. The molecule has 1 aromatic carbocycles. The van der Waals surface area contributed by atoms with Crippen molar-refractivity contribution < 1.29 is 14.3 Å². The number of fused-ring (bicyclic) bond motifs is 1. The molecule has 24 heavy (non-hydrogen) atoms. The third kappa shape index (κ3) is 2.80. The summed E-state index contributed by atoms with van der Waals surface area (Å²) in [6, 6.07) is 7.11. The number of methoxy groups -OCH3 is 1. The van der Waals surface area contributed by atoms with E-state index in [9.17, 15) is 9.59 Å². The van der Waals surface area contributed by atoms with Crippen molar-refractivity contribution in [1.82, 2.24) is 4.90 Å². The van der Waals surface area contributed by atoms with Crippen molar-refractivity contribution in [2.45, 2.75) is 31.6 Å². The summed E-state index contributed by atoms with van der Waals surface area (Å²) in [6.07, 6.45) is 0.719. The number of allylic oxidation sites excluding steroid dienone is 1. The zero-order valence-corrected chi connectivity index (χ0v) is 16.0. The highest BCUT2D eigenvalue weighted by atomic mass is 79.9. The number of nitrogens with zero attached hydrogens (tertiary/aromatic N) is 2. The molecule has 7 heteroatoms. The average Bonchev–Trinajstić information content (AvgIpc) is 2.88. The molecule has 126 valence electrons. The molecule has 0 aliphatic carbocycles. The van der Waals surface area contributed by atoms with Crippen LogP contribution in [0.15, 0.2) is 45.0 Å². The first-order valence-electron chi connectivity index (χ1n) is 7.60. The maximum absolute atomic E-state index is 12.8. The van der Waals surface area contributed by atoms with Gasteiger partial charge < -0.3 is 4.74 Å². The fourth-order valence-electron chi connectivity index (χ4n) is 2.95. The number of hydrogen-bond donors (Lipinski definition) is 0. The number of ether oxygens (including phenoxy) is 1. The number of thioether (sulfide) groups is 1. The predicted octanol–water partition coefficient (Wildman–Crippen LogP) is 3.66. The van der Waals surface area contributed by atoms with Gasteiger partial charge in [0.05, 0.1) is 29.7 Å². The van der Waals surface area contributed by atoms with Gasteiger partial charge in [-0.15, -0.1) is 0 Å². The van der Waals surface area contributed by atoms with Gasteiger partial charge in [0.15, 0.2) is 5.17 Å². The van der Waals surface area contributed by atoms with Gasteiger partial charge in [0, 0.05) is 4.47 Å². The molecule has 1 saturated heterocycles. The van der Waals surface area contributed by atoms with Crippen LogP contribution in [-0.2, 0) is 14.3 Å². The number of esters is 1. The molecule has 2 aliphatic heterocycles. The van der Waals surface area contributed by atoms with Gasteiger partial charge in [-0.05, 0) is 31.0 Å². The van der Waals surface area contributed by atoms with Crippen molar-refractivity contribution >= 4 is 44.7 Å². The number of carbonyl (C=O) groups excluding carboxylic acids is 2. The molecule has 0 radical (unpaired) electrons. The summed E-state index contributed by atoms with van der Waals surface area (Å²) in [5.74, 6) is -0.474. The minimum absolute atomic E-state index is 0.0138. The lowest BCUT2D eigenvalue weighted by Gasteiger charge is -2.33. The largest absolute Gasteiger partial charge is 0.466 e. The topological polar surface area (TPSA) is 59.0 Å². The second-order valence-corrected chi connectivity index (χ2v) is 7.65. The molecule has 5 nitrogen and oxygen atoms in total. The zero-order valence-electron chi connectivity index (χ0n) is 13.6. The maximum atomic E-state index is 12.8.